The van der Waals surface area contributed by atoms with Crippen molar-refractivity contribution in [2.45, 2.75) is 13.5 Å². The van der Waals surface area contributed by atoms with Gasteiger partial charge in [-0.05, 0) is 6.92 Å². The summed E-state index contributed by atoms with van der Waals surface area (Å²) in [4.78, 5) is 31.6. The van der Waals surface area contributed by atoms with Gasteiger partial charge in [-0.1, -0.05) is 0 Å². The molecule has 0 atom stereocenters. The van der Waals surface area contributed by atoms with Crippen LogP contribution in [0.4, 0.5) is 11.5 Å². The third-order valence-corrected chi connectivity index (χ3v) is 3.58. The molecule has 0 saturated carbocycles. The van der Waals surface area contributed by atoms with Crippen molar-refractivity contribution in [1.82, 2.24) is 9.97 Å². The van der Waals surface area contributed by atoms with Gasteiger partial charge in [-0.3, -0.25) is 14.9 Å². The van der Waals surface area contributed by atoms with Gasteiger partial charge in [-0.25, -0.2) is 9.97 Å². The Hall–Kier alpha value is -2.55. The van der Waals surface area contributed by atoms with Gasteiger partial charge < -0.3 is 10.6 Å². The quantitative estimate of drug-likeness (QED) is 0.661. The molecule has 2 aromatic heterocycles. The molecular formula is C12H13N5O3S. The Bertz CT molecular complexity index is 700. The molecule has 0 unspecified atom stereocenters. The lowest BCUT2D eigenvalue weighted by Gasteiger charge is -2.18. The lowest BCUT2D eigenvalue weighted by atomic mass is 10.2. The molecule has 0 aliphatic heterocycles. The topological polar surface area (TPSA) is 115 Å². The first-order valence-corrected chi connectivity index (χ1v) is 6.83. The van der Waals surface area contributed by atoms with Gasteiger partial charge in [0, 0.05) is 18.5 Å². The average molecular weight is 307 g/mol. The second-order valence-corrected chi connectivity index (χ2v) is 5.46. The fourth-order valence-electron chi connectivity index (χ4n) is 1.83. The molecule has 21 heavy (non-hydrogen) atoms. The number of carbonyl (C=O) groups is 1. The normalized spacial score (nSPS) is 10.4. The van der Waals surface area contributed by atoms with E-state index in [1.807, 2.05) is 12.3 Å². The Morgan fingerprint density at radius 3 is 2.81 bits per heavy atom. The first-order chi connectivity index (χ1) is 9.88. The third-order valence-electron chi connectivity index (χ3n) is 2.76. The number of carbonyl (C=O) groups excluding carboxylic acids is 1. The van der Waals surface area contributed by atoms with Crippen LogP contribution >= 0.6 is 11.3 Å². The molecule has 0 saturated heterocycles. The molecule has 0 radical (unpaired) electrons. The molecule has 2 heterocycles. The van der Waals surface area contributed by atoms with Crippen LogP contribution in [0, 0.1) is 17.0 Å². The van der Waals surface area contributed by atoms with E-state index in [-0.39, 0.29) is 11.3 Å². The molecule has 0 spiro atoms. The highest BCUT2D eigenvalue weighted by atomic mass is 32.1. The van der Waals surface area contributed by atoms with Gasteiger partial charge in [0.2, 0.25) is 0 Å². The summed E-state index contributed by atoms with van der Waals surface area (Å²) >= 11 is 1.52. The zero-order valence-electron chi connectivity index (χ0n) is 11.4. The molecular weight excluding hydrogens is 294 g/mol. The molecule has 2 rings (SSSR count). The minimum Gasteiger partial charge on any atom is -0.365 e. The number of nitrogens with zero attached hydrogens (tertiary/aromatic N) is 4. The second-order valence-electron chi connectivity index (χ2n) is 4.40. The maximum atomic E-state index is 11.5. The van der Waals surface area contributed by atoms with Crippen LogP contribution in [0.2, 0.25) is 0 Å². The number of amides is 1. The summed E-state index contributed by atoms with van der Waals surface area (Å²) in [6, 6.07) is 1.13. The molecule has 0 aliphatic rings. The minimum absolute atomic E-state index is 0.0126. The van der Waals surface area contributed by atoms with E-state index >= 15 is 0 Å². The summed E-state index contributed by atoms with van der Waals surface area (Å²) < 4.78 is 0. The van der Waals surface area contributed by atoms with Gasteiger partial charge in [0.25, 0.3) is 11.6 Å². The van der Waals surface area contributed by atoms with Crippen molar-refractivity contribution in [3.8, 4) is 0 Å². The van der Waals surface area contributed by atoms with E-state index in [0.29, 0.717) is 12.4 Å². The summed E-state index contributed by atoms with van der Waals surface area (Å²) in [5.41, 5.74) is 5.85. The van der Waals surface area contributed by atoms with Crippen LogP contribution in [0.1, 0.15) is 21.1 Å². The standard InChI is InChI=1S/C12H13N5O3S/c1-7-15-8(6-21-7)5-16(2)12-10(11(13)18)3-9(4-14-12)17(19)20/h3-4,6H,5H2,1-2H3,(H2,13,18). The van der Waals surface area contributed by atoms with Crippen molar-refractivity contribution < 1.29 is 9.72 Å². The summed E-state index contributed by atoms with van der Waals surface area (Å²) in [7, 11) is 1.72. The highest BCUT2D eigenvalue weighted by Gasteiger charge is 2.19. The number of aromatic nitrogens is 2. The lowest BCUT2D eigenvalue weighted by Crippen LogP contribution is -2.23. The van der Waals surface area contributed by atoms with Crippen molar-refractivity contribution >= 4 is 28.7 Å². The number of primary amides is 1. The van der Waals surface area contributed by atoms with Crippen LogP contribution in [0.25, 0.3) is 0 Å². The van der Waals surface area contributed by atoms with Gasteiger partial charge >= 0.3 is 0 Å². The number of anilines is 1. The lowest BCUT2D eigenvalue weighted by molar-refractivity contribution is -0.385. The first-order valence-electron chi connectivity index (χ1n) is 5.95. The second kappa shape index (κ2) is 5.83. The molecule has 1 amide bonds. The van der Waals surface area contributed by atoms with Crippen molar-refractivity contribution in [2.75, 3.05) is 11.9 Å². The molecule has 9 heteroatoms. The van der Waals surface area contributed by atoms with Gasteiger partial charge in [-0.15, -0.1) is 11.3 Å². The SMILES string of the molecule is Cc1nc(CN(C)c2ncc([N+](=O)[O-])cc2C(N)=O)cs1. The number of hydrogen-bond acceptors (Lipinski definition) is 7. The molecule has 0 aromatic carbocycles. The largest absolute Gasteiger partial charge is 0.365 e. The van der Waals surface area contributed by atoms with Crippen molar-refractivity contribution in [3.05, 3.63) is 44.0 Å². The summed E-state index contributed by atoms with van der Waals surface area (Å²) in [6.45, 7) is 2.32. The van der Waals surface area contributed by atoms with E-state index in [0.717, 1.165) is 23.0 Å². The zero-order chi connectivity index (χ0) is 15.6. The van der Waals surface area contributed by atoms with E-state index in [9.17, 15) is 14.9 Å². The molecule has 2 aromatic rings. The number of thiazole rings is 1. The van der Waals surface area contributed by atoms with Crippen LogP contribution in [0.3, 0.4) is 0 Å². The highest BCUT2D eigenvalue weighted by molar-refractivity contribution is 7.09. The monoisotopic (exact) mass is 307 g/mol. The number of nitro groups is 1. The maximum Gasteiger partial charge on any atom is 0.288 e. The van der Waals surface area contributed by atoms with Crippen LogP contribution in [0.15, 0.2) is 17.6 Å². The number of hydrogen-bond donors (Lipinski definition) is 1. The fourth-order valence-corrected chi connectivity index (χ4v) is 2.43. The Kier molecular flexibility index (Phi) is 4.13. The Morgan fingerprint density at radius 2 is 2.29 bits per heavy atom. The van der Waals surface area contributed by atoms with Gasteiger partial charge in [-0.2, -0.15) is 0 Å². The van der Waals surface area contributed by atoms with E-state index in [1.165, 1.54) is 11.3 Å². The van der Waals surface area contributed by atoms with Crippen molar-refractivity contribution in [3.63, 3.8) is 0 Å². The Balaban J connectivity index is 2.33. The molecule has 8 nitrogen and oxygen atoms in total. The number of nitrogens with two attached hydrogens (primary N) is 1. The van der Waals surface area contributed by atoms with E-state index < -0.39 is 10.8 Å². The molecule has 2 N–H and O–H groups in total. The Morgan fingerprint density at radius 1 is 1.57 bits per heavy atom. The van der Waals surface area contributed by atoms with Gasteiger partial charge in [0.15, 0.2) is 0 Å². The van der Waals surface area contributed by atoms with Crippen LogP contribution in [-0.4, -0.2) is 27.8 Å². The Labute approximate surface area is 124 Å². The minimum atomic E-state index is -0.762. The van der Waals surface area contributed by atoms with Crippen molar-refractivity contribution in [2.24, 2.45) is 5.73 Å². The van der Waals surface area contributed by atoms with Gasteiger partial charge in [0.05, 0.1) is 27.7 Å². The molecule has 0 bridgehead atoms. The average Bonchev–Trinajstić information content (AvgIpc) is 2.83. The summed E-state index contributed by atoms with van der Waals surface area (Å²) in [6.07, 6.45) is 1.10. The van der Waals surface area contributed by atoms with E-state index in [4.69, 9.17) is 5.73 Å². The zero-order valence-corrected chi connectivity index (χ0v) is 12.3. The smallest absolute Gasteiger partial charge is 0.288 e. The highest BCUT2D eigenvalue weighted by Crippen LogP contribution is 2.23. The van der Waals surface area contributed by atoms with Crippen LogP contribution in [0.5, 0.6) is 0 Å². The maximum absolute atomic E-state index is 11.5. The molecule has 110 valence electrons. The molecule has 0 fully saturated rings. The fraction of sp³-hybridized carbons (Fsp3) is 0.250. The number of aryl methyl sites for hydroxylation is 1. The van der Waals surface area contributed by atoms with Crippen molar-refractivity contribution in [1.29, 1.82) is 0 Å². The predicted molar refractivity (Wildman–Crippen MR) is 78.4 cm³/mol. The van der Waals surface area contributed by atoms with Crippen LogP contribution < -0.4 is 10.6 Å². The van der Waals surface area contributed by atoms with E-state index in [2.05, 4.69) is 9.97 Å². The summed E-state index contributed by atoms with van der Waals surface area (Å²) in [5, 5.41) is 13.6. The molecule has 0 aliphatic carbocycles. The third kappa shape index (κ3) is 3.31. The van der Waals surface area contributed by atoms with Crippen LogP contribution in [-0.2, 0) is 6.54 Å². The van der Waals surface area contributed by atoms with E-state index in [1.54, 1.807) is 11.9 Å². The predicted octanol–water partition coefficient (Wildman–Crippen LogP) is 1.49. The first kappa shape index (κ1) is 14.9. The number of pyridine rings is 1. The summed E-state index contributed by atoms with van der Waals surface area (Å²) in [5.74, 6) is -0.471. The van der Waals surface area contributed by atoms with Gasteiger partial charge in [0.1, 0.15) is 12.0 Å². The number of rotatable bonds is 5.